The Labute approximate surface area is 226 Å². The summed E-state index contributed by atoms with van der Waals surface area (Å²) in [7, 11) is 1.59. The Balaban J connectivity index is 1.58. The van der Waals surface area contributed by atoms with Gasteiger partial charge >= 0.3 is 5.97 Å². The quantitative estimate of drug-likeness (QED) is 0.101. The van der Waals surface area contributed by atoms with Gasteiger partial charge in [-0.15, -0.1) is 0 Å². The molecular formula is C26H20INO5S2. The number of nitrogens with zero attached hydrogens (tertiary/aromatic N) is 1. The van der Waals surface area contributed by atoms with Crippen LogP contribution in [-0.2, 0) is 4.79 Å². The van der Waals surface area contributed by atoms with E-state index in [1.807, 2.05) is 19.1 Å². The highest BCUT2D eigenvalue weighted by atomic mass is 127. The molecule has 0 spiro atoms. The van der Waals surface area contributed by atoms with E-state index in [0.29, 0.717) is 44.3 Å². The minimum absolute atomic E-state index is 0.211. The summed E-state index contributed by atoms with van der Waals surface area (Å²) in [6.45, 7) is 2.23. The second kappa shape index (κ2) is 11.2. The highest BCUT2D eigenvalue weighted by Gasteiger charge is 2.33. The molecule has 0 radical (unpaired) electrons. The van der Waals surface area contributed by atoms with E-state index in [-0.39, 0.29) is 5.91 Å². The number of carbonyl (C=O) groups is 2. The maximum atomic E-state index is 13.1. The van der Waals surface area contributed by atoms with Crippen molar-refractivity contribution in [1.29, 1.82) is 0 Å². The molecule has 3 aromatic carbocycles. The summed E-state index contributed by atoms with van der Waals surface area (Å²) in [4.78, 5) is 27.8. The maximum Gasteiger partial charge on any atom is 0.344 e. The molecule has 0 aromatic heterocycles. The lowest BCUT2D eigenvalue weighted by Crippen LogP contribution is -2.27. The van der Waals surface area contributed by atoms with Crippen molar-refractivity contribution in [2.75, 3.05) is 18.6 Å². The summed E-state index contributed by atoms with van der Waals surface area (Å²) in [5.41, 5.74) is 1.86. The molecule has 178 valence electrons. The van der Waals surface area contributed by atoms with E-state index in [9.17, 15) is 9.59 Å². The Morgan fingerprint density at radius 3 is 2.51 bits per heavy atom. The molecule has 0 unspecified atom stereocenters. The second-order valence-electron chi connectivity index (χ2n) is 7.22. The van der Waals surface area contributed by atoms with Gasteiger partial charge in [-0.1, -0.05) is 42.2 Å². The summed E-state index contributed by atoms with van der Waals surface area (Å²) in [5, 5.41) is 0. The summed E-state index contributed by atoms with van der Waals surface area (Å²) in [5.74, 6) is 0.730. The zero-order chi connectivity index (χ0) is 24.9. The summed E-state index contributed by atoms with van der Waals surface area (Å²) >= 11 is 8.78. The number of hydrogen-bond acceptors (Lipinski definition) is 7. The smallest absolute Gasteiger partial charge is 0.344 e. The number of esters is 1. The fraction of sp³-hybridized carbons (Fsp3) is 0.115. The Bertz CT molecular complexity index is 1320. The molecule has 35 heavy (non-hydrogen) atoms. The van der Waals surface area contributed by atoms with Gasteiger partial charge in [0.05, 0.1) is 29.9 Å². The van der Waals surface area contributed by atoms with Crippen LogP contribution in [0.1, 0.15) is 22.8 Å². The number of carbonyl (C=O) groups excluding carboxylic acids is 2. The molecule has 6 nitrogen and oxygen atoms in total. The first-order valence-electron chi connectivity index (χ1n) is 10.6. The lowest BCUT2D eigenvalue weighted by atomic mass is 10.1. The van der Waals surface area contributed by atoms with Gasteiger partial charge in [-0.3, -0.25) is 9.69 Å². The van der Waals surface area contributed by atoms with Crippen LogP contribution in [0.25, 0.3) is 6.08 Å². The number of methoxy groups -OCH3 is 1. The Morgan fingerprint density at radius 1 is 1.09 bits per heavy atom. The molecule has 0 bridgehead atoms. The first-order chi connectivity index (χ1) is 16.9. The number of benzene rings is 3. The van der Waals surface area contributed by atoms with Crippen LogP contribution in [-0.4, -0.2) is 29.9 Å². The van der Waals surface area contributed by atoms with Crippen LogP contribution in [0, 0.1) is 3.57 Å². The van der Waals surface area contributed by atoms with Gasteiger partial charge in [0.25, 0.3) is 5.91 Å². The van der Waals surface area contributed by atoms with Gasteiger partial charge < -0.3 is 14.2 Å². The third-order valence-corrected chi connectivity index (χ3v) is 7.23. The Kier molecular flexibility index (Phi) is 8.09. The summed E-state index contributed by atoms with van der Waals surface area (Å²) < 4.78 is 17.8. The second-order valence-corrected chi connectivity index (χ2v) is 10.1. The highest BCUT2D eigenvalue weighted by Crippen LogP contribution is 2.38. The van der Waals surface area contributed by atoms with Gasteiger partial charge in [-0.2, -0.15) is 0 Å². The number of anilines is 1. The fourth-order valence-electron chi connectivity index (χ4n) is 3.32. The number of hydrogen-bond donors (Lipinski definition) is 0. The van der Waals surface area contributed by atoms with Crippen LogP contribution in [0.15, 0.2) is 71.6 Å². The van der Waals surface area contributed by atoms with E-state index in [1.165, 1.54) is 16.7 Å². The van der Waals surface area contributed by atoms with Crippen molar-refractivity contribution in [1.82, 2.24) is 0 Å². The van der Waals surface area contributed by atoms with Crippen LogP contribution in [0.5, 0.6) is 17.2 Å². The van der Waals surface area contributed by atoms with E-state index in [2.05, 4.69) is 22.6 Å². The summed E-state index contributed by atoms with van der Waals surface area (Å²) in [6.07, 6.45) is 1.75. The van der Waals surface area contributed by atoms with E-state index in [4.69, 9.17) is 26.4 Å². The number of rotatable bonds is 7. The van der Waals surface area contributed by atoms with E-state index < -0.39 is 5.97 Å². The predicted molar refractivity (Wildman–Crippen MR) is 150 cm³/mol. The maximum absolute atomic E-state index is 13.1. The van der Waals surface area contributed by atoms with Gasteiger partial charge in [0, 0.05) is 3.57 Å². The standard InChI is InChI=1S/C26H20INO5S2/c1-3-32-22-14-16(8-13-21(22)33-25(30)19-6-4-5-7-20(19)27)15-23-24(29)28(26(34)35-23)17-9-11-18(31-2)12-10-17/h4-15H,3H2,1-2H3/b23-15-. The molecule has 0 aliphatic carbocycles. The molecule has 1 fully saturated rings. The van der Waals surface area contributed by atoms with Crippen LogP contribution < -0.4 is 19.1 Å². The molecule has 1 aliphatic rings. The molecular weight excluding hydrogens is 597 g/mol. The molecule has 1 amide bonds. The van der Waals surface area contributed by atoms with E-state index in [0.717, 1.165) is 9.13 Å². The molecule has 4 rings (SSSR count). The monoisotopic (exact) mass is 617 g/mol. The molecule has 3 aromatic rings. The van der Waals surface area contributed by atoms with Gasteiger partial charge in [0.2, 0.25) is 0 Å². The molecule has 1 saturated heterocycles. The number of halogens is 1. The van der Waals surface area contributed by atoms with Crippen LogP contribution in [0.2, 0.25) is 0 Å². The number of ether oxygens (including phenoxy) is 3. The van der Waals surface area contributed by atoms with Gasteiger partial charge in [0.1, 0.15) is 5.75 Å². The van der Waals surface area contributed by atoms with Crippen molar-refractivity contribution in [3.63, 3.8) is 0 Å². The SMILES string of the molecule is CCOc1cc(/C=C2\SC(=S)N(c3ccc(OC)cc3)C2=O)ccc1OC(=O)c1ccccc1I. The topological polar surface area (TPSA) is 65.1 Å². The molecule has 0 saturated carbocycles. The van der Waals surface area contributed by atoms with Crippen molar-refractivity contribution in [2.45, 2.75) is 6.92 Å². The number of thioether (sulfide) groups is 1. The molecule has 1 aliphatic heterocycles. The lowest BCUT2D eigenvalue weighted by Gasteiger charge is -2.14. The Hall–Kier alpha value is -2.89. The highest BCUT2D eigenvalue weighted by molar-refractivity contribution is 14.1. The minimum atomic E-state index is -0.468. The molecule has 0 atom stereocenters. The molecule has 1 heterocycles. The Morgan fingerprint density at radius 2 is 1.83 bits per heavy atom. The van der Waals surface area contributed by atoms with Crippen LogP contribution >= 0.6 is 46.6 Å². The van der Waals surface area contributed by atoms with E-state index in [1.54, 1.807) is 67.8 Å². The number of thiocarbonyl (C=S) groups is 1. The third kappa shape index (κ3) is 5.68. The van der Waals surface area contributed by atoms with Crippen molar-refractivity contribution in [2.24, 2.45) is 0 Å². The number of amides is 1. The van der Waals surface area contributed by atoms with Crippen LogP contribution in [0.4, 0.5) is 5.69 Å². The van der Waals surface area contributed by atoms with Gasteiger partial charge in [0.15, 0.2) is 15.8 Å². The molecule has 0 N–H and O–H groups in total. The first kappa shape index (κ1) is 25.2. The minimum Gasteiger partial charge on any atom is -0.497 e. The lowest BCUT2D eigenvalue weighted by molar-refractivity contribution is -0.113. The van der Waals surface area contributed by atoms with E-state index >= 15 is 0 Å². The van der Waals surface area contributed by atoms with Crippen molar-refractivity contribution in [3.8, 4) is 17.2 Å². The third-order valence-electron chi connectivity index (χ3n) is 4.99. The average Bonchev–Trinajstić information content (AvgIpc) is 3.13. The van der Waals surface area contributed by atoms with Crippen molar-refractivity contribution < 1.29 is 23.8 Å². The zero-order valence-electron chi connectivity index (χ0n) is 18.8. The summed E-state index contributed by atoms with van der Waals surface area (Å²) in [6, 6.07) is 19.5. The first-order valence-corrected chi connectivity index (χ1v) is 12.9. The largest absolute Gasteiger partial charge is 0.497 e. The predicted octanol–water partition coefficient (Wildman–Crippen LogP) is 6.32. The fourth-order valence-corrected chi connectivity index (χ4v) is 5.23. The zero-order valence-corrected chi connectivity index (χ0v) is 22.6. The van der Waals surface area contributed by atoms with Crippen molar-refractivity contribution in [3.05, 3.63) is 86.3 Å². The van der Waals surface area contributed by atoms with Gasteiger partial charge in [-0.05, 0) is 89.7 Å². The normalized spacial score (nSPS) is 14.4. The van der Waals surface area contributed by atoms with Crippen LogP contribution in [0.3, 0.4) is 0 Å². The molecule has 9 heteroatoms. The average molecular weight is 617 g/mol. The van der Waals surface area contributed by atoms with Crippen molar-refractivity contribution >= 4 is 74.5 Å². The van der Waals surface area contributed by atoms with Gasteiger partial charge in [-0.25, -0.2) is 4.79 Å².